The van der Waals surface area contributed by atoms with Gasteiger partial charge in [0.05, 0.1) is 6.61 Å². The van der Waals surface area contributed by atoms with Crippen LogP contribution in [0.3, 0.4) is 0 Å². The molecule has 0 aromatic heterocycles. The fourth-order valence-corrected chi connectivity index (χ4v) is 2.61. The van der Waals surface area contributed by atoms with E-state index in [1.165, 1.54) is 0 Å². The van der Waals surface area contributed by atoms with E-state index in [-0.39, 0.29) is 5.91 Å². The molecule has 3 rings (SSSR count). The minimum absolute atomic E-state index is 0.162. The number of ether oxygens (including phenoxy) is 1. The second kappa shape index (κ2) is 6.44. The molecule has 3 heteroatoms. The van der Waals surface area contributed by atoms with Gasteiger partial charge in [-0.15, -0.1) is 0 Å². The largest absolute Gasteiger partial charge is 0.494 e. The number of unbranched alkanes of at least 4 members (excludes halogenated alkanes) is 1. The van der Waals surface area contributed by atoms with E-state index in [9.17, 15) is 4.79 Å². The molecular weight excluding hydrogens is 262 g/mol. The zero-order valence-electron chi connectivity index (χ0n) is 12.0. The van der Waals surface area contributed by atoms with Gasteiger partial charge in [0.15, 0.2) is 0 Å². The molecular formula is C18H19NO2. The van der Waals surface area contributed by atoms with Gasteiger partial charge < -0.3 is 9.64 Å². The maximum Gasteiger partial charge on any atom is 0.254 e. The zero-order chi connectivity index (χ0) is 14.5. The third kappa shape index (κ3) is 3.24. The topological polar surface area (TPSA) is 29.5 Å². The Morgan fingerprint density at radius 1 is 0.952 bits per heavy atom. The number of nitrogens with zero attached hydrogens (tertiary/aromatic N) is 1. The van der Waals surface area contributed by atoms with Crippen molar-refractivity contribution in [3.8, 4) is 5.75 Å². The maximum absolute atomic E-state index is 12.2. The monoisotopic (exact) mass is 281 g/mol. The molecule has 3 nitrogen and oxygen atoms in total. The highest BCUT2D eigenvalue weighted by atomic mass is 16.5. The predicted molar refractivity (Wildman–Crippen MR) is 82.4 cm³/mol. The summed E-state index contributed by atoms with van der Waals surface area (Å²) in [6.07, 6.45) is 1.92. The van der Waals surface area contributed by atoms with Gasteiger partial charge >= 0.3 is 0 Å². The van der Waals surface area contributed by atoms with Crippen molar-refractivity contribution in [1.82, 2.24) is 4.90 Å². The van der Waals surface area contributed by atoms with Crippen LogP contribution in [-0.4, -0.2) is 24.0 Å². The van der Waals surface area contributed by atoms with E-state index in [0.29, 0.717) is 6.61 Å². The van der Waals surface area contributed by atoms with Crippen molar-refractivity contribution >= 4 is 5.91 Å². The Morgan fingerprint density at radius 3 is 2.52 bits per heavy atom. The van der Waals surface area contributed by atoms with Gasteiger partial charge in [-0.3, -0.25) is 4.79 Å². The molecule has 0 aliphatic carbocycles. The highest BCUT2D eigenvalue weighted by Crippen LogP contribution is 2.22. The highest BCUT2D eigenvalue weighted by molar-refractivity contribution is 5.98. The molecule has 2 aromatic carbocycles. The van der Waals surface area contributed by atoms with Crippen LogP contribution in [0, 0.1) is 0 Å². The quantitative estimate of drug-likeness (QED) is 0.758. The molecule has 1 aliphatic heterocycles. The van der Waals surface area contributed by atoms with E-state index >= 15 is 0 Å². The predicted octanol–water partition coefficient (Wildman–Crippen LogP) is 3.50. The van der Waals surface area contributed by atoms with Gasteiger partial charge in [0.1, 0.15) is 5.75 Å². The Bertz CT molecular complexity index is 610. The van der Waals surface area contributed by atoms with Crippen LogP contribution in [-0.2, 0) is 6.54 Å². The lowest BCUT2D eigenvalue weighted by molar-refractivity contribution is 0.0773. The summed E-state index contributed by atoms with van der Waals surface area (Å²) in [5.41, 5.74) is 2.00. The molecule has 0 bridgehead atoms. The number of hydrogen-bond donors (Lipinski definition) is 0. The van der Waals surface area contributed by atoms with Crippen LogP contribution in [0.4, 0.5) is 0 Å². The van der Waals surface area contributed by atoms with E-state index in [2.05, 4.69) is 0 Å². The van der Waals surface area contributed by atoms with Crippen LogP contribution < -0.4 is 4.74 Å². The summed E-state index contributed by atoms with van der Waals surface area (Å²) < 4.78 is 5.66. The van der Waals surface area contributed by atoms with E-state index in [1.54, 1.807) is 0 Å². The summed E-state index contributed by atoms with van der Waals surface area (Å²) in [6.45, 7) is 2.24. The van der Waals surface area contributed by atoms with Crippen molar-refractivity contribution < 1.29 is 9.53 Å². The first-order chi connectivity index (χ1) is 10.3. The molecule has 2 aromatic rings. The van der Waals surface area contributed by atoms with Gasteiger partial charge in [-0.05, 0) is 36.6 Å². The molecule has 0 spiro atoms. The number of carbonyl (C=O) groups excluding carboxylic acids is 1. The molecule has 1 aliphatic rings. The molecule has 0 radical (unpaired) electrons. The number of rotatable bonds is 6. The van der Waals surface area contributed by atoms with Crippen molar-refractivity contribution in [2.45, 2.75) is 19.4 Å². The van der Waals surface area contributed by atoms with E-state index < -0.39 is 0 Å². The molecule has 1 amide bonds. The number of fused-ring (bicyclic) bond motifs is 1. The molecule has 21 heavy (non-hydrogen) atoms. The summed E-state index contributed by atoms with van der Waals surface area (Å²) in [5.74, 6) is 1.07. The van der Waals surface area contributed by atoms with E-state index in [1.807, 2.05) is 59.5 Å². The van der Waals surface area contributed by atoms with Crippen LogP contribution >= 0.6 is 0 Å². The lowest BCUT2D eigenvalue weighted by atomic mass is 10.1. The van der Waals surface area contributed by atoms with Crippen LogP contribution in [0.2, 0.25) is 0 Å². The summed E-state index contributed by atoms with van der Waals surface area (Å²) >= 11 is 0. The second-order valence-corrected chi connectivity index (χ2v) is 5.25. The summed E-state index contributed by atoms with van der Waals surface area (Å²) in [7, 11) is 0. The average Bonchev–Trinajstić information content (AvgIpc) is 2.85. The third-order valence-corrected chi connectivity index (χ3v) is 3.73. The average molecular weight is 281 g/mol. The van der Waals surface area contributed by atoms with Gasteiger partial charge in [0.25, 0.3) is 5.91 Å². The first-order valence-corrected chi connectivity index (χ1v) is 7.39. The summed E-state index contributed by atoms with van der Waals surface area (Å²) in [5, 5.41) is 0. The Balaban J connectivity index is 1.40. The number of amides is 1. The molecule has 0 fully saturated rings. The minimum atomic E-state index is 0.162. The van der Waals surface area contributed by atoms with Crippen LogP contribution in [0.15, 0.2) is 54.6 Å². The second-order valence-electron chi connectivity index (χ2n) is 5.25. The van der Waals surface area contributed by atoms with Gasteiger partial charge in [-0.1, -0.05) is 36.4 Å². The standard InChI is InChI=1S/C18H19NO2/c20-18-17-11-5-4-8-15(17)14-19(18)12-6-7-13-21-16-9-2-1-3-10-16/h1-5,8-11H,6-7,12-14H2. The fraction of sp³-hybridized carbons (Fsp3) is 0.278. The van der Waals surface area contributed by atoms with Crippen molar-refractivity contribution in [3.63, 3.8) is 0 Å². The molecule has 0 atom stereocenters. The molecule has 1 heterocycles. The van der Waals surface area contributed by atoms with E-state index in [0.717, 1.165) is 42.8 Å². The van der Waals surface area contributed by atoms with E-state index in [4.69, 9.17) is 4.74 Å². The normalized spacial score (nSPS) is 13.3. The van der Waals surface area contributed by atoms with Crippen molar-refractivity contribution in [2.24, 2.45) is 0 Å². The lowest BCUT2D eigenvalue weighted by Crippen LogP contribution is -2.25. The van der Waals surface area contributed by atoms with Gasteiger partial charge in [-0.25, -0.2) is 0 Å². The Hall–Kier alpha value is -2.29. The Morgan fingerprint density at radius 2 is 1.71 bits per heavy atom. The van der Waals surface area contributed by atoms with Crippen molar-refractivity contribution in [3.05, 3.63) is 65.7 Å². The van der Waals surface area contributed by atoms with Crippen molar-refractivity contribution in [2.75, 3.05) is 13.2 Å². The van der Waals surface area contributed by atoms with Crippen LogP contribution in [0.25, 0.3) is 0 Å². The van der Waals surface area contributed by atoms with Gasteiger partial charge in [0, 0.05) is 18.7 Å². The van der Waals surface area contributed by atoms with Gasteiger partial charge in [-0.2, -0.15) is 0 Å². The SMILES string of the molecule is O=C1c2ccccc2CN1CCCCOc1ccccc1. The molecule has 0 unspecified atom stereocenters. The highest BCUT2D eigenvalue weighted by Gasteiger charge is 2.25. The molecule has 0 saturated carbocycles. The lowest BCUT2D eigenvalue weighted by Gasteiger charge is -2.15. The Labute approximate surface area is 125 Å². The molecule has 108 valence electrons. The summed E-state index contributed by atoms with van der Waals surface area (Å²) in [6, 6.07) is 17.7. The number of carbonyl (C=O) groups is 1. The maximum atomic E-state index is 12.2. The number of para-hydroxylation sites is 1. The van der Waals surface area contributed by atoms with Crippen LogP contribution in [0.1, 0.15) is 28.8 Å². The zero-order valence-corrected chi connectivity index (χ0v) is 12.0. The smallest absolute Gasteiger partial charge is 0.254 e. The number of hydrogen-bond acceptors (Lipinski definition) is 2. The molecule has 0 saturated heterocycles. The van der Waals surface area contributed by atoms with Crippen LogP contribution in [0.5, 0.6) is 5.75 Å². The first-order valence-electron chi connectivity index (χ1n) is 7.39. The third-order valence-electron chi connectivity index (χ3n) is 3.73. The summed E-state index contributed by atoms with van der Waals surface area (Å²) in [4.78, 5) is 14.1. The fourth-order valence-electron chi connectivity index (χ4n) is 2.61. The number of benzene rings is 2. The Kier molecular flexibility index (Phi) is 4.20. The van der Waals surface area contributed by atoms with Gasteiger partial charge in [0.2, 0.25) is 0 Å². The molecule has 0 N–H and O–H groups in total. The first kappa shape index (κ1) is 13.7. The minimum Gasteiger partial charge on any atom is -0.494 e. The van der Waals surface area contributed by atoms with Crippen molar-refractivity contribution in [1.29, 1.82) is 0 Å².